The van der Waals surface area contributed by atoms with Crippen LogP contribution in [0, 0.1) is 0 Å². The molecule has 9 heteroatoms. The van der Waals surface area contributed by atoms with E-state index in [0.29, 0.717) is 12.8 Å². The van der Waals surface area contributed by atoms with Crippen molar-refractivity contribution in [2.45, 2.75) is 31.3 Å². The van der Waals surface area contributed by atoms with E-state index < -0.39 is 39.8 Å². The quantitative estimate of drug-likeness (QED) is 0.667. The molecule has 2 fully saturated rings. The molecule has 8 nitrogen and oxygen atoms in total. The van der Waals surface area contributed by atoms with Crippen LogP contribution in [0.15, 0.2) is 30.3 Å². The number of hydrogen-bond donors (Lipinski definition) is 2. The molecule has 0 spiro atoms. The third-order valence-corrected chi connectivity index (χ3v) is 6.33. The molecule has 4 amide bonds. The molecule has 1 aromatic carbocycles. The van der Waals surface area contributed by atoms with E-state index in [0.717, 1.165) is 10.5 Å². The van der Waals surface area contributed by atoms with Crippen LogP contribution in [0.3, 0.4) is 0 Å². The number of carbonyl (C=O) groups excluding carboxylic acids is 3. The molecule has 0 bridgehead atoms. The number of carbonyl (C=O) groups is 3. The molecule has 2 atom stereocenters. The van der Waals surface area contributed by atoms with E-state index in [1.165, 1.54) is 0 Å². The summed E-state index contributed by atoms with van der Waals surface area (Å²) in [4.78, 5) is 37.6. The van der Waals surface area contributed by atoms with Crippen LogP contribution < -0.4 is 10.6 Å². The molecule has 140 valence electrons. The summed E-state index contributed by atoms with van der Waals surface area (Å²) in [5.74, 6) is -0.882. The van der Waals surface area contributed by atoms with E-state index >= 15 is 0 Å². The van der Waals surface area contributed by atoms with Crippen molar-refractivity contribution in [3.05, 3.63) is 35.9 Å². The molecule has 2 saturated heterocycles. The minimum atomic E-state index is -3.09. The Morgan fingerprint density at radius 3 is 2.62 bits per heavy atom. The van der Waals surface area contributed by atoms with Gasteiger partial charge < -0.3 is 10.6 Å². The Hall–Kier alpha value is -2.42. The fraction of sp³-hybridized carbons (Fsp3) is 0.471. The van der Waals surface area contributed by atoms with Crippen molar-refractivity contribution in [2.75, 3.05) is 18.1 Å². The maximum Gasteiger partial charge on any atom is 0.324 e. The second-order valence-electron chi connectivity index (χ2n) is 6.60. The molecular weight excluding hydrogens is 358 g/mol. The second-order valence-corrected chi connectivity index (χ2v) is 8.83. The number of sulfone groups is 1. The zero-order valence-corrected chi connectivity index (χ0v) is 15.0. The van der Waals surface area contributed by atoms with Crippen LogP contribution in [0.1, 0.15) is 18.4 Å². The number of nitrogens with one attached hydrogen (secondary N) is 2. The first kappa shape index (κ1) is 18.4. The van der Waals surface area contributed by atoms with Crippen LogP contribution in [0.2, 0.25) is 0 Å². The minimum absolute atomic E-state index is 0.0598. The van der Waals surface area contributed by atoms with Gasteiger partial charge in [0.1, 0.15) is 6.04 Å². The van der Waals surface area contributed by atoms with E-state index in [-0.39, 0.29) is 24.5 Å². The number of benzene rings is 1. The Morgan fingerprint density at radius 1 is 1.23 bits per heavy atom. The highest BCUT2D eigenvalue weighted by Gasteiger charge is 2.39. The summed E-state index contributed by atoms with van der Waals surface area (Å²) in [6.45, 7) is 0.244. The molecule has 0 aromatic heterocycles. The number of amides is 4. The fourth-order valence-corrected chi connectivity index (χ4v) is 4.87. The number of rotatable bonds is 6. The maximum absolute atomic E-state index is 12.4. The highest BCUT2D eigenvalue weighted by atomic mass is 32.2. The molecule has 0 saturated carbocycles. The van der Waals surface area contributed by atoms with Gasteiger partial charge in [0.05, 0.1) is 17.9 Å². The number of hydrogen-bond acceptors (Lipinski definition) is 5. The number of urea groups is 1. The molecular formula is C17H21N3O5S. The molecule has 2 aliphatic heterocycles. The fourth-order valence-electron chi connectivity index (χ4n) is 3.19. The van der Waals surface area contributed by atoms with E-state index in [2.05, 4.69) is 10.6 Å². The van der Waals surface area contributed by atoms with Crippen LogP contribution in [-0.2, 0) is 25.8 Å². The summed E-state index contributed by atoms with van der Waals surface area (Å²) >= 11 is 0. The Morgan fingerprint density at radius 2 is 1.96 bits per heavy atom. The normalized spacial score (nSPS) is 24.5. The lowest BCUT2D eigenvalue weighted by molar-refractivity contribution is -0.131. The van der Waals surface area contributed by atoms with Crippen molar-refractivity contribution < 1.29 is 22.8 Å². The Kier molecular flexibility index (Phi) is 5.26. The van der Waals surface area contributed by atoms with Gasteiger partial charge in [-0.1, -0.05) is 30.3 Å². The molecule has 26 heavy (non-hydrogen) atoms. The summed E-state index contributed by atoms with van der Waals surface area (Å²) in [7, 11) is -3.09. The molecule has 2 aliphatic rings. The first-order valence-electron chi connectivity index (χ1n) is 8.50. The van der Waals surface area contributed by atoms with Gasteiger partial charge in [0, 0.05) is 12.6 Å². The standard InChI is InChI=1S/C17H21N3O5S/c21-15(18-13-7-9-26(24,25)11-13)10-14-16(22)20(17(23)19-14)8-6-12-4-2-1-3-5-12/h1-5,13-14H,6-11H2,(H,18,21)(H,19,23)/t13-,14-/m0/s1. The zero-order chi connectivity index (χ0) is 18.7. The SMILES string of the molecule is O=C(C[C@@H]1NC(=O)N(CCc2ccccc2)C1=O)N[C@H]1CCS(=O)(=O)C1. The summed E-state index contributed by atoms with van der Waals surface area (Å²) in [6, 6.07) is 7.66. The molecule has 0 radical (unpaired) electrons. The van der Waals surface area contributed by atoms with E-state index in [9.17, 15) is 22.8 Å². The van der Waals surface area contributed by atoms with Crippen molar-refractivity contribution in [1.29, 1.82) is 0 Å². The average Bonchev–Trinajstić information content (AvgIpc) is 3.05. The van der Waals surface area contributed by atoms with Gasteiger partial charge in [-0.2, -0.15) is 0 Å². The van der Waals surface area contributed by atoms with Crippen molar-refractivity contribution in [3.8, 4) is 0 Å². The van der Waals surface area contributed by atoms with Gasteiger partial charge in [-0.25, -0.2) is 13.2 Å². The van der Waals surface area contributed by atoms with E-state index in [4.69, 9.17) is 0 Å². The molecule has 3 rings (SSSR count). The molecule has 1 aromatic rings. The number of nitrogens with zero attached hydrogens (tertiary/aromatic N) is 1. The lowest BCUT2D eigenvalue weighted by Gasteiger charge is -2.14. The number of imide groups is 1. The molecule has 2 heterocycles. The third-order valence-electron chi connectivity index (χ3n) is 4.56. The Balaban J connectivity index is 1.51. The van der Waals surface area contributed by atoms with Gasteiger partial charge >= 0.3 is 6.03 Å². The average molecular weight is 379 g/mol. The first-order chi connectivity index (χ1) is 12.3. The highest BCUT2D eigenvalue weighted by molar-refractivity contribution is 7.91. The molecule has 2 N–H and O–H groups in total. The largest absolute Gasteiger partial charge is 0.352 e. The lowest BCUT2D eigenvalue weighted by Crippen LogP contribution is -2.41. The van der Waals surface area contributed by atoms with Crippen LogP contribution in [0.4, 0.5) is 4.79 Å². The van der Waals surface area contributed by atoms with Gasteiger partial charge in [-0.3, -0.25) is 14.5 Å². The van der Waals surface area contributed by atoms with Gasteiger partial charge in [0.2, 0.25) is 5.91 Å². The van der Waals surface area contributed by atoms with Crippen LogP contribution >= 0.6 is 0 Å². The van der Waals surface area contributed by atoms with Crippen LogP contribution in [0.25, 0.3) is 0 Å². The maximum atomic E-state index is 12.4. The monoisotopic (exact) mass is 379 g/mol. The topological polar surface area (TPSA) is 113 Å². The lowest BCUT2D eigenvalue weighted by atomic mass is 10.1. The van der Waals surface area contributed by atoms with Crippen LogP contribution in [-0.4, -0.2) is 61.3 Å². The van der Waals surface area contributed by atoms with Crippen LogP contribution in [0.5, 0.6) is 0 Å². The van der Waals surface area contributed by atoms with Crippen molar-refractivity contribution in [2.24, 2.45) is 0 Å². The Bertz CT molecular complexity index is 809. The van der Waals surface area contributed by atoms with Crippen molar-refractivity contribution >= 4 is 27.7 Å². The summed E-state index contributed by atoms with van der Waals surface area (Å²) in [6.07, 6.45) is 0.726. The summed E-state index contributed by atoms with van der Waals surface area (Å²) in [5, 5.41) is 5.15. The zero-order valence-electron chi connectivity index (χ0n) is 14.2. The molecule has 0 aliphatic carbocycles. The van der Waals surface area contributed by atoms with Crippen molar-refractivity contribution in [3.63, 3.8) is 0 Å². The predicted octanol–water partition coefficient (Wildman–Crippen LogP) is -0.157. The van der Waals surface area contributed by atoms with Crippen molar-refractivity contribution in [1.82, 2.24) is 15.5 Å². The molecule has 0 unspecified atom stereocenters. The highest BCUT2D eigenvalue weighted by Crippen LogP contribution is 2.14. The van der Waals surface area contributed by atoms with E-state index in [1.807, 2.05) is 30.3 Å². The van der Waals surface area contributed by atoms with E-state index in [1.54, 1.807) is 0 Å². The summed E-state index contributed by atoms with van der Waals surface area (Å²) in [5.41, 5.74) is 1.01. The van der Waals surface area contributed by atoms with Gasteiger partial charge in [-0.05, 0) is 18.4 Å². The smallest absolute Gasteiger partial charge is 0.324 e. The third kappa shape index (κ3) is 4.40. The van der Waals surface area contributed by atoms with Gasteiger partial charge in [0.25, 0.3) is 5.91 Å². The predicted molar refractivity (Wildman–Crippen MR) is 94.0 cm³/mol. The first-order valence-corrected chi connectivity index (χ1v) is 10.3. The second kappa shape index (κ2) is 7.45. The summed E-state index contributed by atoms with van der Waals surface area (Å²) < 4.78 is 22.8. The van der Waals surface area contributed by atoms with Gasteiger partial charge in [-0.15, -0.1) is 0 Å². The minimum Gasteiger partial charge on any atom is -0.352 e. The van der Waals surface area contributed by atoms with Gasteiger partial charge in [0.15, 0.2) is 9.84 Å². The Labute approximate surface area is 151 Å².